The summed E-state index contributed by atoms with van der Waals surface area (Å²) >= 11 is 0. The topological polar surface area (TPSA) is 20.3 Å². The molecule has 2 unspecified atom stereocenters. The Labute approximate surface area is 125 Å². The van der Waals surface area contributed by atoms with E-state index in [1.807, 2.05) is 30.3 Å². The molecule has 0 aromatic heterocycles. The highest BCUT2D eigenvalue weighted by atomic mass is 16.2. The van der Waals surface area contributed by atoms with E-state index in [2.05, 4.69) is 29.2 Å². The summed E-state index contributed by atoms with van der Waals surface area (Å²) in [6, 6.07) is 18.9. The van der Waals surface area contributed by atoms with Crippen molar-refractivity contribution in [2.24, 2.45) is 0 Å². The zero-order valence-corrected chi connectivity index (χ0v) is 12.0. The standard InChI is InChI=1S/C19H19NO/c21-19-17-10-5-4-9-15(17)16-11-6-12-18(16)20(19)13-14-7-2-1-3-8-14/h1-5,7-10,16,18H,6,11-13H2. The fourth-order valence-corrected chi connectivity index (χ4v) is 3.97. The molecule has 2 heteroatoms. The second kappa shape index (κ2) is 5.03. The van der Waals surface area contributed by atoms with Crippen molar-refractivity contribution < 1.29 is 4.79 Å². The molecule has 0 radical (unpaired) electrons. The van der Waals surface area contributed by atoms with Crippen molar-refractivity contribution in [2.75, 3.05) is 0 Å². The number of carbonyl (C=O) groups is 1. The van der Waals surface area contributed by atoms with Crippen LogP contribution >= 0.6 is 0 Å². The van der Waals surface area contributed by atoms with E-state index in [9.17, 15) is 4.79 Å². The molecule has 2 nitrogen and oxygen atoms in total. The van der Waals surface area contributed by atoms with Gasteiger partial charge in [-0.3, -0.25) is 4.79 Å². The molecule has 1 aliphatic heterocycles. The Hall–Kier alpha value is -2.09. The normalized spacial score (nSPS) is 23.8. The van der Waals surface area contributed by atoms with Gasteiger partial charge in [0.25, 0.3) is 5.91 Å². The number of hydrogen-bond donors (Lipinski definition) is 0. The van der Waals surface area contributed by atoms with Crippen molar-refractivity contribution in [3.63, 3.8) is 0 Å². The lowest BCUT2D eigenvalue weighted by Crippen LogP contribution is -2.45. The van der Waals surface area contributed by atoms with Crippen molar-refractivity contribution in [1.82, 2.24) is 4.90 Å². The Morgan fingerprint density at radius 1 is 0.952 bits per heavy atom. The van der Waals surface area contributed by atoms with Crippen LogP contribution in [-0.2, 0) is 6.54 Å². The Balaban J connectivity index is 1.73. The van der Waals surface area contributed by atoms with Crippen LogP contribution in [0.15, 0.2) is 54.6 Å². The van der Waals surface area contributed by atoms with E-state index in [0.717, 1.165) is 18.5 Å². The van der Waals surface area contributed by atoms with Gasteiger partial charge in [0.15, 0.2) is 0 Å². The van der Waals surface area contributed by atoms with Crippen molar-refractivity contribution >= 4 is 5.91 Å². The van der Waals surface area contributed by atoms with Crippen LogP contribution in [0.1, 0.15) is 46.7 Å². The Bertz CT molecular complexity index is 664. The van der Waals surface area contributed by atoms with Gasteiger partial charge in [-0.05, 0) is 30.0 Å². The van der Waals surface area contributed by atoms with Gasteiger partial charge in [0, 0.05) is 24.1 Å². The fraction of sp³-hybridized carbons (Fsp3) is 0.316. The number of hydrogen-bond acceptors (Lipinski definition) is 1. The molecule has 106 valence electrons. The number of amides is 1. The predicted molar refractivity (Wildman–Crippen MR) is 83.1 cm³/mol. The molecule has 2 aromatic rings. The van der Waals surface area contributed by atoms with Crippen LogP contribution < -0.4 is 0 Å². The molecule has 0 spiro atoms. The van der Waals surface area contributed by atoms with E-state index in [-0.39, 0.29) is 5.91 Å². The molecular formula is C19H19NO. The molecule has 21 heavy (non-hydrogen) atoms. The minimum Gasteiger partial charge on any atom is -0.331 e. The smallest absolute Gasteiger partial charge is 0.254 e. The number of carbonyl (C=O) groups excluding carboxylic acids is 1. The first-order valence-electron chi connectivity index (χ1n) is 7.78. The molecule has 4 rings (SSSR count). The van der Waals surface area contributed by atoms with Crippen LogP contribution in [0.4, 0.5) is 0 Å². The molecule has 1 saturated carbocycles. The minimum absolute atomic E-state index is 0.206. The molecule has 2 aliphatic rings. The molecule has 1 aliphatic carbocycles. The van der Waals surface area contributed by atoms with Crippen molar-refractivity contribution in [1.29, 1.82) is 0 Å². The molecule has 0 N–H and O–H groups in total. The summed E-state index contributed by atoms with van der Waals surface area (Å²) in [6.45, 7) is 0.731. The molecule has 2 atom stereocenters. The predicted octanol–water partition coefficient (Wildman–Crippen LogP) is 3.98. The number of benzene rings is 2. The third kappa shape index (κ3) is 2.06. The minimum atomic E-state index is 0.206. The van der Waals surface area contributed by atoms with Crippen molar-refractivity contribution in [3.05, 3.63) is 71.3 Å². The van der Waals surface area contributed by atoms with Crippen LogP contribution in [-0.4, -0.2) is 16.8 Å². The maximum atomic E-state index is 12.9. The molecular weight excluding hydrogens is 258 g/mol. The first-order chi connectivity index (χ1) is 10.3. The lowest BCUT2D eigenvalue weighted by atomic mass is 9.84. The molecule has 0 bridgehead atoms. The maximum absolute atomic E-state index is 12.9. The quantitative estimate of drug-likeness (QED) is 0.813. The SMILES string of the molecule is O=C1c2ccccc2C2CCCC2N1Cc1ccccc1. The van der Waals surface area contributed by atoms with Gasteiger partial charge in [-0.2, -0.15) is 0 Å². The largest absolute Gasteiger partial charge is 0.331 e. The average molecular weight is 277 g/mol. The Morgan fingerprint density at radius 3 is 2.57 bits per heavy atom. The van der Waals surface area contributed by atoms with Gasteiger partial charge in [-0.15, -0.1) is 0 Å². The summed E-state index contributed by atoms with van der Waals surface area (Å²) in [7, 11) is 0. The second-order valence-corrected chi connectivity index (χ2v) is 6.11. The molecule has 2 aromatic carbocycles. The summed E-state index contributed by atoms with van der Waals surface area (Å²) in [5, 5.41) is 0. The van der Waals surface area contributed by atoms with E-state index in [4.69, 9.17) is 0 Å². The van der Waals surface area contributed by atoms with Crippen molar-refractivity contribution in [3.8, 4) is 0 Å². The van der Waals surface area contributed by atoms with Crippen LogP contribution in [0.5, 0.6) is 0 Å². The number of fused-ring (bicyclic) bond motifs is 3. The van der Waals surface area contributed by atoms with Gasteiger partial charge < -0.3 is 4.90 Å². The van der Waals surface area contributed by atoms with Gasteiger partial charge in [0.2, 0.25) is 0 Å². The van der Waals surface area contributed by atoms with E-state index in [1.165, 1.54) is 24.0 Å². The third-order valence-electron chi connectivity index (χ3n) is 4.93. The monoisotopic (exact) mass is 277 g/mol. The van der Waals surface area contributed by atoms with E-state index >= 15 is 0 Å². The Kier molecular flexibility index (Phi) is 3.03. The highest BCUT2D eigenvalue weighted by Gasteiger charge is 2.41. The van der Waals surface area contributed by atoms with E-state index < -0.39 is 0 Å². The summed E-state index contributed by atoms with van der Waals surface area (Å²) < 4.78 is 0. The average Bonchev–Trinajstić information content (AvgIpc) is 3.02. The fourth-order valence-electron chi connectivity index (χ4n) is 3.97. The van der Waals surface area contributed by atoms with Crippen LogP contribution in [0.3, 0.4) is 0 Å². The zero-order chi connectivity index (χ0) is 14.2. The highest BCUT2D eigenvalue weighted by Crippen LogP contribution is 2.43. The van der Waals surface area contributed by atoms with Crippen LogP contribution in [0.2, 0.25) is 0 Å². The highest BCUT2D eigenvalue weighted by molar-refractivity contribution is 5.97. The summed E-state index contributed by atoms with van der Waals surface area (Å²) in [4.78, 5) is 15.0. The van der Waals surface area contributed by atoms with Gasteiger partial charge in [-0.1, -0.05) is 55.0 Å². The molecule has 1 heterocycles. The van der Waals surface area contributed by atoms with E-state index in [1.54, 1.807) is 0 Å². The summed E-state index contributed by atoms with van der Waals surface area (Å²) in [6.07, 6.45) is 3.57. The van der Waals surface area contributed by atoms with E-state index in [0.29, 0.717) is 12.0 Å². The van der Waals surface area contributed by atoms with Gasteiger partial charge >= 0.3 is 0 Å². The third-order valence-corrected chi connectivity index (χ3v) is 4.93. The zero-order valence-electron chi connectivity index (χ0n) is 12.0. The van der Waals surface area contributed by atoms with Gasteiger partial charge in [-0.25, -0.2) is 0 Å². The Morgan fingerprint density at radius 2 is 1.71 bits per heavy atom. The summed E-state index contributed by atoms with van der Waals surface area (Å²) in [5.41, 5.74) is 3.40. The molecule has 0 saturated heterocycles. The number of nitrogens with zero attached hydrogens (tertiary/aromatic N) is 1. The lowest BCUT2D eigenvalue weighted by molar-refractivity contribution is 0.0614. The first kappa shape index (κ1) is 12.6. The molecule has 1 amide bonds. The van der Waals surface area contributed by atoms with Gasteiger partial charge in [0.05, 0.1) is 0 Å². The molecule has 1 fully saturated rings. The van der Waals surface area contributed by atoms with Crippen molar-refractivity contribution in [2.45, 2.75) is 37.8 Å². The van der Waals surface area contributed by atoms with Crippen LogP contribution in [0.25, 0.3) is 0 Å². The van der Waals surface area contributed by atoms with Crippen LogP contribution in [0, 0.1) is 0 Å². The summed E-state index contributed by atoms with van der Waals surface area (Å²) in [5.74, 6) is 0.736. The number of rotatable bonds is 2. The van der Waals surface area contributed by atoms with Gasteiger partial charge in [0.1, 0.15) is 0 Å². The second-order valence-electron chi connectivity index (χ2n) is 6.11. The first-order valence-corrected chi connectivity index (χ1v) is 7.78. The maximum Gasteiger partial charge on any atom is 0.254 e. The lowest BCUT2D eigenvalue weighted by Gasteiger charge is -2.39.